The first-order valence-electron chi connectivity index (χ1n) is 10.7. The highest BCUT2D eigenvalue weighted by atomic mass is 35.5. The Kier molecular flexibility index (Phi) is 4.07. The van der Waals surface area contributed by atoms with E-state index < -0.39 is 0 Å². The Balaban J connectivity index is 1.45. The number of thiophene rings is 1. The summed E-state index contributed by atoms with van der Waals surface area (Å²) in [6.45, 7) is 0. The Morgan fingerprint density at radius 2 is 1.24 bits per heavy atom. The maximum absolute atomic E-state index is 6.32. The number of rotatable bonds is 2. The first-order valence-corrected chi connectivity index (χ1v) is 11.9. The molecule has 0 N–H and O–H groups in total. The quantitative estimate of drug-likeness (QED) is 0.242. The molecule has 3 aromatic heterocycles. The third kappa shape index (κ3) is 2.81. The summed E-state index contributed by atoms with van der Waals surface area (Å²) < 4.78 is 3.50. The van der Waals surface area contributed by atoms with Gasteiger partial charge in [-0.25, -0.2) is 9.97 Å². The number of fused-ring (bicyclic) bond motifs is 6. The lowest BCUT2D eigenvalue weighted by atomic mass is 10.1. The van der Waals surface area contributed by atoms with E-state index in [9.17, 15) is 0 Å². The van der Waals surface area contributed by atoms with Gasteiger partial charge in [0, 0.05) is 37.5 Å². The van der Waals surface area contributed by atoms with Crippen LogP contribution >= 0.6 is 22.9 Å². The molecule has 5 heteroatoms. The molecule has 7 aromatic rings. The Labute approximate surface area is 198 Å². The average Bonchev–Trinajstić information content (AvgIpc) is 3.39. The van der Waals surface area contributed by atoms with Crippen LogP contribution in [0, 0.1) is 0 Å². The highest BCUT2D eigenvalue weighted by molar-refractivity contribution is 7.25. The average molecular weight is 462 g/mol. The van der Waals surface area contributed by atoms with E-state index in [1.807, 2.05) is 6.07 Å². The number of hydrogen-bond donors (Lipinski definition) is 0. The minimum atomic E-state index is 0.274. The number of hydrogen-bond acceptors (Lipinski definition) is 3. The molecule has 0 saturated heterocycles. The van der Waals surface area contributed by atoms with Gasteiger partial charge in [-0.2, -0.15) is 0 Å². The normalized spacial score (nSPS) is 11.8. The monoisotopic (exact) mass is 461 g/mol. The smallest absolute Gasteiger partial charge is 0.224 e. The number of halogens is 1. The highest BCUT2D eigenvalue weighted by Crippen LogP contribution is 2.39. The lowest BCUT2D eigenvalue weighted by molar-refractivity contribution is 1.18. The highest BCUT2D eigenvalue weighted by Gasteiger charge is 2.16. The van der Waals surface area contributed by atoms with Crippen LogP contribution in [0.5, 0.6) is 0 Å². The third-order valence-electron chi connectivity index (χ3n) is 6.19. The van der Waals surface area contributed by atoms with E-state index in [2.05, 4.69) is 106 Å². The molecule has 0 aliphatic heterocycles. The molecule has 0 aliphatic rings. The van der Waals surface area contributed by atoms with Crippen LogP contribution in [0.2, 0.25) is 5.28 Å². The van der Waals surface area contributed by atoms with Crippen LogP contribution in [0.4, 0.5) is 0 Å². The second kappa shape index (κ2) is 7.14. The van der Waals surface area contributed by atoms with Crippen LogP contribution in [-0.2, 0) is 0 Å². The summed E-state index contributed by atoms with van der Waals surface area (Å²) in [7, 11) is 0. The van der Waals surface area contributed by atoms with Crippen molar-refractivity contribution in [3.8, 4) is 16.9 Å². The van der Waals surface area contributed by atoms with Gasteiger partial charge < -0.3 is 4.57 Å². The molecular formula is C28H16ClN3S. The van der Waals surface area contributed by atoms with Crippen molar-refractivity contribution in [2.45, 2.75) is 0 Å². The minimum absolute atomic E-state index is 0.274. The van der Waals surface area contributed by atoms with E-state index in [1.165, 1.54) is 26.5 Å². The molecule has 0 saturated carbocycles. The van der Waals surface area contributed by atoms with E-state index >= 15 is 0 Å². The van der Waals surface area contributed by atoms with Gasteiger partial charge in [0.2, 0.25) is 5.28 Å². The molecule has 33 heavy (non-hydrogen) atoms. The summed E-state index contributed by atoms with van der Waals surface area (Å²) in [5.74, 6) is 0. The fourth-order valence-electron chi connectivity index (χ4n) is 4.78. The zero-order chi connectivity index (χ0) is 21.9. The van der Waals surface area contributed by atoms with Gasteiger partial charge in [0.15, 0.2) is 0 Å². The predicted molar refractivity (Wildman–Crippen MR) is 140 cm³/mol. The fourth-order valence-corrected chi connectivity index (χ4v) is 6.07. The summed E-state index contributed by atoms with van der Waals surface area (Å²) in [6.07, 6.45) is 0. The zero-order valence-corrected chi connectivity index (χ0v) is 18.9. The molecule has 0 radical (unpaired) electrons. The number of para-hydroxylation sites is 2. The number of benzene rings is 4. The Morgan fingerprint density at radius 3 is 1.94 bits per heavy atom. The van der Waals surface area contributed by atoms with Crippen LogP contribution in [0.25, 0.3) is 59.1 Å². The van der Waals surface area contributed by atoms with Crippen LogP contribution in [0.1, 0.15) is 0 Å². The van der Waals surface area contributed by atoms with E-state index in [1.54, 1.807) is 11.3 Å². The molecule has 0 aliphatic carbocycles. The molecule has 156 valence electrons. The second-order valence-corrected chi connectivity index (χ2v) is 9.40. The molecule has 0 atom stereocenters. The van der Waals surface area contributed by atoms with E-state index in [4.69, 9.17) is 11.6 Å². The number of nitrogens with zero attached hydrogens (tertiary/aromatic N) is 3. The van der Waals surface area contributed by atoms with Crippen molar-refractivity contribution in [2.75, 3.05) is 0 Å². The topological polar surface area (TPSA) is 30.7 Å². The molecule has 0 amide bonds. The third-order valence-corrected chi connectivity index (χ3v) is 7.42. The first kappa shape index (κ1) is 18.8. The Hall–Kier alpha value is -3.73. The van der Waals surface area contributed by atoms with Crippen molar-refractivity contribution in [3.05, 3.63) is 102 Å². The largest absolute Gasteiger partial charge is 0.309 e. The van der Waals surface area contributed by atoms with Gasteiger partial charge in [-0.3, -0.25) is 0 Å². The second-order valence-electron chi connectivity index (χ2n) is 8.04. The van der Waals surface area contributed by atoms with Crippen LogP contribution in [0.15, 0.2) is 97.1 Å². The minimum Gasteiger partial charge on any atom is -0.309 e. The van der Waals surface area contributed by atoms with E-state index in [0.29, 0.717) is 0 Å². The fraction of sp³-hybridized carbons (Fsp3) is 0. The molecule has 0 spiro atoms. The summed E-state index contributed by atoms with van der Waals surface area (Å²) in [4.78, 5) is 10.0. The SMILES string of the molecule is Clc1nc(-c2ccc(-n3c4ccccc4c4ccccc43)cc2)c2c(n1)sc1ccccc12. The summed E-state index contributed by atoms with van der Waals surface area (Å²) in [6, 6.07) is 34.0. The number of aromatic nitrogens is 3. The van der Waals surface area contributed by atoms with Gasteiger partial charge in [-0.05, 0) is 41.9 Å². The molecule has 3 heterocycles. The maximum atomic E-state index is 6.32. The molecule has 0 fully saturated rings. The van der Waals surface area contributed by atoms with Crippen LogP contribution in [0.3, 0.4) is 0 Å². The maximum Gasteiger partial charge on any atom is 0.224 e. The molecule has 3 nitrogen and oxygen atoms in total. The molecule has 4 aromatic carbocycles. The summed E-state index contributed by atoms with van der Waals surface area (Å²) in [5, 5.41) is 5.01. The van der Waals surface area contributed by atoms with Crippen molar-refractivity contribution >= 4 is 65.0 Å². The van der Waals surface area contributed by atoms with Crippen LogP contribution in [-0.4, -0.2) is 14.5 Å². The Bertz CT molecular complexity index is 1780. The summed E-state index contributed by atoms with van der Waals surface area (Å²) >= 11 is 7.97. The van der Waals surface area contributed by atoms with Gasteiger partial charge in [0.1, 0.15) is 4.83 Å². The van der Waals surface area contributed by atoms with Crippen LogP contribution < -0.4 is 0 Å². The first-order chi connectivity index (χ1) is 16.3. The van der Waals surface area contributed by atoms with Gasteiger partial charge in [0.25, 0.3) is 0 Å². The van der Waals surface area contributed by atoms with Crippen molar-refractivity contribution < 1.29 is 0 Å². The van der Waals surface area contributed by atoms with Crippen molar-refractivity contribution in [3.63, 3.8) is 0 Å². The molecule has 0 bridgehead atoms. The molecule has 0 unspecified atom stereocenters. The lowest BCUT2D eigenvalue weighted by Gasteiger charge is -2.10. The predicted octanol–water partition coefficient (Wildman–Crippen LogP) is 8.26. The van der Waals surface area contributed by atoms with Gasteiger partial charge >= 0.3 is 0 Å². The van der Waals surface area contributed by atoms with E-state index in [0.717, 1.165) is 32.5 Å². The molecule has 7 rings (SSSR count). The van der Waals surface area contributed by atoms with Crippen molar-refractivity contribution in [1.29, 1.82) is 0 Å². The van der Waals surface area contributed by atoms with E-state index in [-0.39, 0.29) is 5.28 Å². The van der Waals surface area contributed by atoms with Gasteiger partial charge in [-0.15, -0.1) is 11.3 Å². The zero-order valence-electron chi connectivity index (χ0n) is 17.4. The Morgan fingerprint density at radius 1 is 0.636 bits per heavy atom. The lowest BCUT2D eigenvalue weighted by Crippen LogP contribution is -1.94. The standard InChI is InChI=1S/C28H16ClN3S/c29-28-30-26(25-21-9-3-6-12-24(21)33-27(25)31-28)17-13-15-18(16-14-17)32-22-10-4-1-7-19(22)20-8-2-5-11-23(20)32/h1-16H. The van der Waals surface area contributed by atoms with Gasteiger partial charge in [0.05, 0.1) is 16.7 Å². The molecular weight excluding hydrogens is 446 g/mol. The van der Waals surface area contributed by atoms with Crippen molar-refractivity contribution in [1.82, 2.24) is 14.5 Å². The summed E-state index contributed by atoms with van der Waals surface area (Å²) in [5.41, 5.74) is 5.40. The van der Waals surface area contributed by atoms with Gasteiger partial charge in [-0.1, -0.05) is 66.7 Å². The van der Waals surface area contributed by atoms with Crippen molar-refractivity contribution in [2.24, 2.45) is 0 Å².